The molecule has 2 aromatic carbocycles. The normalized spacial score (nSPS) is 14.6. The summed E-state index contributed by atoms with van der Waals surface area (Å²) in [5.41, 5.74) is 1.26. The van der Waals surface area contributed by atoms with E-state index < -0.39 is 6.04 Å². The fourth-order valence-corrected chi connectivity index (χ4v) is 5.57. The predicted octanol–water partition coefficient (Wildman–Crippen LogP) is 5.67. The zero-order chi connectivity index (χ0) is 26.2. The number of ether oxygens (including phenoxy) is 2. The summed E-state index contributed by atoms with van der Waals surface area (Å²) in [5.74, 6) is 0.0477. The summed E-state index contributed by atoms with van der Waals surface area (Å²) in [6.07, 6.45) is 5.26. The third-order valence-electron chi connectivity index (χ3n) is 6.73. The first-order valence-corrected chi connectivity index (χ1v) is 13.5. The quantitative estimate of drug-likeness (QED) is 0.371. The molecule has 6 nitrogen and oxygen atoms in total. The molecule has 1 fully saturated rings. The number of hydrogen-bond acceptors (Lipinski definition) is 5. The lowest BCUT2D eigenvalue weighted by atomic mass is 9.94. The summed E-state index contributed by atoms with van der Waals surface area (Å²) in [7, 11) is 3.06. The van der Waals surface area contributed by atoms with Crippen LogP contribution in [0.2, 0.25) is 0 Å². The second-order valence-electron chi connectivity index (χ2n) is 9.23. The van der Waals surface area contributed by atoms with Crippen molar-refractivity contribution in [2.45, 2.75) is 57.2 Å². The number of benzene rings is 2. The van der Waals surface area contributed by atoms with Crippen molar-refractivity contribution in [3.63, 3.8) is 0 Å². The third-order valence-corrected chi connectivity index (χ3v) is 7.61. The van der Waals surface area contributed by atoms with Gasteiger partial charge in [0.1, 0.15) is 11.9 Å². The summed E-state index contributed by atoms with van der Waals surface area (Å²) < 4.78 is 24.9. The van der Waals surface area contributed by atoms with Crippen molar-refractivity contribution in [1.82, 2.24) is 10.2 Å². The van der Waals surface area contributed by atoms with E-state index in [2.05, 4.69) is 5.32 Å². The zero-order valence-electron chi connectivity index (χ0n) is 21.2. The zero-order valence-corrected chi connectivity index (χ0v) is 22.1. The summed E-state index contributed by atoms with van der Waals surface area (Å²) in [6.45, 7) is 0.133. The molecule has 37 heavy (non-hydrogen) atoms. The van der Waals surface area contributed by atoms with E-state index in [0.717, 1.165) is 42.5 Å². The molecule has 196 valence electrons. The standard InChI is InChI=1S/C29H33FN2O4S/c1-35-25-12-6-11-24(28(25)36-2)27(29(34)31-22-8-4-3-5-9-22)32(19-20-13-15-21(30)16-14-20)26(33)18-23-10-7-17-37-23/h6-7,10-17,22,27H,3-5,8-9,18-19H2,1-2H3,(H,31,34)/t27-/m1/s1. The second-order valence-corrected chi connectivity index (χ2v) is 10.3. The van der Waals surface area contributed by atoms with Gasteiger partial charge in [0, 0.05) is 23.0 Å². The minimum Gasteiger partial charge on any atom is -0.493 e. The third kappa shape index (κ3) is 6.68. The van der Waals surface area contributed by atoms with E-state index in [0.29, 0.717) is 17.1 Å². The van der Waals surface area contributed by atoms with Crippen LogP contribution in [-0.2, 0) is 22.6 Å². The molecule has 2 amide bonds. The molecule has 1 saturated carbocycles. The van der Waals surface area contributed by atoms with Gasteiger partial charge in [0.2, 0.25) is 11.8 Å². The van der Waals surface area contributed by atoms with Gasteiger partial charge >= 0.3 is 0 Å². The molecule has 4 rings (SSSR count). The van der Waals surface area contributed by atoms with Crippen LogP contribution in [-0.4, -0.2) is 37.0 Å². The molecule has 1 heterocycles. The molecule has 1 aromatic heterocycles. The van der Waals surface area contributed by atoms with E-state index in [1.54, 1.807) is 35.2 Å². The van der Waals surface area contributed by atoms with Crippen LogP contribution >= 0.6 is 11.3 Å². The van der Waals surface area contributed by atoms with Crippen LogP contribution in [0.1, 0.15) is 54.1 Å². The van der Waals surface area contributed by atoms with Crippen LogP contribution in [0.15, 0.2) is 60.0 Å². The van der Waals surface area contributed by atoms with E-state index in [1.165, 1.54) is 37.7 Å². The smallest absolute Gasteiger partial charge is 0.247 e. The van der Waals surface area contributed by atoms with E-state index >= 15 is 0 Å². The van der Waals surface area contributed by atoms with Gasteiger partial charge in [-0.2, -0.15) is 0 Å². The number of carbonyl (C=O) groups is 2. The van der Waals surface area contributed by atoms with Gasteiger partial charge < -0.3 is 19.7 Å². The van der Waals surface area contributed by atoms with Gasteiger partial charge in [0.15, 0.2) is 11.5 Å². The van der Waals surface area contributed by atoms with Crippen molar-refractivity contribution in [3.05, 3.63) is 81.8 Å². The number of nitrogens with zero attached hydrogens (tertiary/aromatic N) is 1. The van der Waals surface area contributed by atoms with Gasteiger partial charge in [-0.15, -0.1) is 11.3 Å². The van der Waals surface area contributed by atoms with E-state index in [-0.39, 0.29) is 36.6 Å². The molecule has 1 aliphatic carbocycles. The fraction of sp³-hybridized carbons (Fsp3) is 0.379. The average molecular weight is 525 g/mol. The summed E-state index contributed by atoms with van der Waals surface area (Å²) >= 11 is 1.49. The molecule has 0 aliphatic heterocycles. The Kier molecular flexibility index (Phi) is 9.17. The molecule has 3 aromatic rings. The molecule has 1 atom stereocenters. The number of amides is 2. The topological polar surface area (TPSA) is 67.9 Å². The summed E-state index contributed by atoms with van der Waals surface area (Å²) in [4.78, 5) is 30.3. The Morgan fingerprint density at radius 1 is 1.03 bits per heavy atom. The predicted molar refractivity (Wildman–Crippen MR) is 142 cm³/mol. The number of rotatable bonds is 10. The van der Waals surface area contributed by atoms with Crippen molar-refractivity contribution in [2.75, 3.05) is 14.2 Å². The monoisotopic (exact) mass is 524 g/mol. The number of methoxy groups -OCH3 is 2. The molecule has 0 bridgehead atoms. The van der Waals surface area contributed by atoms with Gasteiger partial charge in [-0.3, -0.25) is 9.59 Å². The van der Waals surface area contributed by atoms with Gasteiger partial charge in [0.05, 0.1) is 20.6 Å². The lowest BCUT2D eigenvalue weighted by molar-refractivity contribution is -0.141. The van der Waals surface area contributed by atoms with Gasteiger partial charge in [-0.1, -0.05) is 49.6 Å². The first-order valence-electron chi connectivity index (χ1n) is 12.6. The van der Waals surface area contributed by atoms with Gasteiger partial charge in [-0.05, 0) is 48.1 Å². The molecule has 0 radical (unpaired) electrons. The lowest BCUT2D eigenvalue weighted by Crippen LogP contribution is -2.47. The van der Waals surface area contributed by atoms with Crippen molar-refractivity contribution in [3.8, 4) is 11.5 Å². The Morgan fingerprint density at radius 2 is 1.78 bits per heavy atom. The SMILES string of the molecule is COc1cccc([C@H](C(=O)NC2CCCCC2)N(Cc2ccc(F)cc2)C(=O)Cc2cccs2)c1OC. The maximum absolute atomic E-state index is 14.0. The van der Waals surface area contributed by atoms with Crippen molar-refractivity contribution in [2.24, 2.45) is 0 Å². The highest BCUT2D eigenvalue weighted by Crippen LogP contribution is 2.38. The lowest BCUT2D eigenvalue weighted by Gasteiger charge is -2.34. The van der Waals surface area contributed by atoms with Crippen LogP contribution in [0.3, 0.4) is 0 Å². The first kappa shape index (κ1) is 26.7. The number of carbonyl (C=O) groups excluding carboxylic acids is 2. The highest BCUT2D eigenvalue weighted by Gasteiger charge is 2.35. The Balaban J connectivity index is 1.77. The molecule has 1 aliphatic rings. The van der Waals surface area contributed by atoms with Crippen molar-refractivity contribution < 1.29 is 23.5 Å². The molecule has 0 saturated heterocycles. The maximum atomic E-state index is 14.0. The first-order chi connectivity index (χ1) is 18.0. The van der Waals surface area contributed by atoms with Crippen molar-refractivity contribution in [1.29, 1.82) is 0 Å². The van der Waals surface area contributed by atoms with Crippen molar-refractivity contribution >= 4 is 23.2 Å². The Morgan fingerprint density at radius 3 is 2.43 bits per heavy atom. The number of halogens is 1. The Labute approximate surface area is 221 Å². The van der Waals surface area contributed by atoms with Crippen LogP contribution in [0.25, 0.3) is 0 Å². The molecule has 0 spiro atoms. The van der Waals surface area contributed by atoms with Gasteiger partial charge in [-0.25, -0.2) is 4.39 Å². The summed E-state index contributed by atoms with van der Waals surface area (Å²) in [5, 5.41) is 5.13. The number of hydrogen-bond donors (Lipinski definition) is 1. The molecule has 8 heteroatoms. The number of para-hydroxylation sites is 1. The molecular formula is C29H33FN2O4S. The average Bonchev–Trinajstić information content (AvgIpc) is 3.42. The second kappa shape index (κ2) is 12.7. The minimum absolute atomic E-state index is 0.0559. The molecular weight excluding hydrogens is 491 g/mol. The Bertz CT molecular complexity index is 1180. The summed E-state index contributed by atoms with van der Waals surface area (Å²) in [6, 6.07) is 14.2. The van der Waals surface area contributed by atoms with Crippen LogP contribution in [0.5, 0.6) is 11.5 Å². The van der Waals surface area contributed by atoms with E-state index in [1.807, 2.05) is 17.5 Å². The van der Waals surface area contributed by atoms with Crippen LogP contribution in [0.4, 0.5) is 4.39 Å². The van der Waals surface area contributed by atoms with Gasteiger partial charge in [0.25, 0.3) is 0 Å². The Hall–Kier alpha value is -3.39. The highest BCUT2D eigenvalue weighted by molar-refractivity contribution is 7.10. The van der Waals surface area contributed by atoms with Crippen LogP contribution in [0, 0.1) is 5.82 Å². The fourth-order valence-electron chi connectivity index (χ4n) is 4.88. The number of thiophene rings is 1. The highest BCUT2D eigenvalue weighted by atomic mass is 32.1. The van der Waals surface area contributed by atoms with E-state index in [4.69, 9.17) is 9.47 Å². The largest absolute Gasteiger partial charge is 0.493 e. The van der Waals surface area contributed by atoms with Crippen LogP contribution < -0.4 is 14.8 Å². The minimum atomic E-state index is -0.968. The molecule has 1 N–H and O–H groups in total. The maximum Gasteiger partial charge on any atom is 0.247 e. The van der Waals surface area contributed by atoms with E-state index in [9.17, 15) is 14.0 Å². The number of nitrogens with one attached hydrogen (secondary N) is 1. The molecule has 0 unspecified atom stereocenters.